The summed E-state index contributed by atoms with van der Waals surface area (Å²) < 4.78 is 0. The van der Waals surface area contributed by atoms with Crippen LogP contribution in [-0.4, -0.2) is 32.3 Å². The van der Waals surface area contributed by atoms with Gasteiger partial charge in [0.15, 0.2) is 0 Å². The molecule has 0 heterocycles. The van der Waals surface area contributed by atoms with Crippen molar-refractivity contribution in [1.29, 1.82) is 0 Å². The van der Waals surface area contributed by atoms with Crippen molar-refractivity contribution in [3.8, 4) is 0 Å². The van der Waals surface area contributed by atoms with E-state index in [1.54, 1.807) is 0 Å². The number of unbranched alkanes of at least 4 members (excludes halogenated alkanes) is 2. The third-order valence-electron chi connectivity index (χ3n) is 4.02. The van der Waals surface area contributed by atoms with Crippen LogP contribution in [0.3, 0.4) is 0 Å². The van der Waals surface area contributed by atoms with Gasteiger partial charge in [0.1, 0.15) is 0 Å². The Balaban J connectivity index is 1.85. The van der Waals surface area contributed by atoms with Crippen molar-refractivity contribution < 1.29 is 14.4 Å². The zero-order valence-corrected chi connectivity index (χ0v) is 12.5. The molecule has 0 aromatic rings. The summed E-state index contributed by atoms with van der Waals surface area (Å²) >= 11 is 0.578. The van der Waals surface area contributed by atoms with Crippen molar-refractivity contribution in [2.45, 2.75) is 55.6 Å². The molecule has 2 aliphatic rings. The Kier molecular flexibility index (Phi) is 4.74. The van der Waals surface area contributed by atoms with Crippen LogP contribution < -0.4 is 0 Å². The number of fused-ring (bicyclic) bond motifs is 1. The quantitative estimate of drug-likeness (QED) is 0.444. The van der Waals surface area contributed by atoms with Crippen LogP contribution in [0, 0.1) is 11.8 Å². The van der Waals surface area contributed by atoms with Crippen molar-refractivity contribution in [3.63, 3.8) is 0 Å². The summed E-state index contributed by atoms with van der Waals surface area (Å²) in [5.41, 5.74) is 0. The molecule has 3 atom stereocenters. The molecular formula is C14H20O3Se. The van der Waals surface area contributed by atoms with Crippen molar-refractivity contribution in [3.05, 3.63) is 0 Å². The third-order valence-corrected chi connectivity index (χ3v) is 7.01. The minimum absolute atomic E-state index is 0.253. The van der Waals surface area contributed by atoms with Crippen LogP contribution in [-0.2, 0) is 14.4 Å². The summed E-state index contributed by atoms with van der Waals surface area (Å²) in [6, 6.07) is 0. The second-order valence-corrected chi connectivity index (χ2v) is 8.24. The molecule has 4 heteroatoms. The summed E-state index contributed by atoms with van der Waals surface area (Å²) in [5, 5.41) is 1.28. The molecule has 0 aromatic heterocycles. The first kappa shape index (κ1) is 13.9. The van der Waals surface area contributed by atoms with E-state index in [1.807, 2.05) is 0 Å². The van der Waals surface area contributed by atoms with E-state index in [0.717, 1.165) is 19.3 Å². The molecule has 2 aliphatic carbocycles. The van der Waals surface area contributed by atoms with Gasteiger partial charge in [0.05, 0.1) is 0 Å². The van der Waals surface area contributed by atoms with Crippen LogP contribution >= 0.6 is 0 Å². The molecule has 0 saturated heterocycles. The fourth-order valence-electron chi connectivity index (χ4n) is 2.95. The van der Waals surface area contributed by atoms with Crippen LogP contribution in [0.1, 0.15) is 45.4 Å². The maximum absolute atomic E-state index is 11.7. The predicted molar refractivity (Wildman–Crippen MR) is 69.7 cm³/mol. The van der Waals surface area contributed by atoms with E-state index in [0.29, 0.717) is 19.8 Å². The van der Waals surface area contributed by atoms with Crippen LogP contribution in [0.4, 0.5) is 0 Å². The molecule has 18 heavy (non-hydrogen) atoms. The summed E-state index contributed by atoms with van der Waals surface area (Å²) in [6.45, 7) is 2.20. The fourth-order valence-corrected chi connectivity index (χ4v) is 5.78. The molecule has 0 spiro atoms. The van der Waals surface area contributed by atoms with Gasteiger partial charge in [-0.15, -0.1) is 0 Å². The number of Topliss-reactive ketones (excluding diaryl/α,β-unsaturated/α-hetero) is 3. The second-order valence-electron chi connectivity index (χ2n) is 5.28. The average molecular weight is 315 g/mol. The van der Waals surface area contributed by atoms with Gasteiger partial charge in [0.25, 0.3) is 0 Å². The zero-order chi connectivity index (χ0) is 13.1. The Morgan fingerprint density at radius 2 is 1.78 bits per heavy atom. The molecule has 0 aliphatic heterocycles. The summed E-state index contributed by atoms with van der Waals surface area (Å²) in [7, 11) is 0. The molecule has 2 fully saturated rings. The number of hydrogen-bond donors (Lipinski definition) is 0. The standard InChI is InChI=1S/C14H20O3Se/c1-2-3-4-7-18-9-5-6-10-11(8-9)13(16)14(17)12(10)15/h9-11H,2-8H2,1H3. The van der Waals surface area contributed by atoms with Gasteiger partial charge in [0.2, 0.25) is 0 Å². The number of ketones is 3. The van der Waals surface area contributed by atoms with Crippen LogP contribution in [0.2, 0.25) is 10.1 Å². The Hall–Kier alpha value is -0.471. The molecule has 0 amide bonds. The summed E-state index contributed by atoms with van der Waals surface area (Å²) in [6.07, 6.45) is 6.42. The molecule has 0 N–H and O–H groups in total. The average Bonchev–Trinajstić information content (AvgIpc) is 2.60. The summed E-state index contributed by atoms with van der Waals surface area (Å²) in [4.78, 5) is 35.3. The Morgan fingerprint density at radius 1 is 1.06 bits per heavy atom. The van der Waals surface area contributed by atoms with E-state index in [-0.39, 0.29) is 17.6 Å². The topological polar surface area (TPSA) is 51.2 Å². The molecule has 0 aromatic carbocycles. The normalized spacial score (nSPS) is 31.8. The van der Waals surface area contributed by atoms with Crippen molar-refractivity contribution in [2.24, 2.45) is 11.8 Å². The predicted octanol–water partition coefficient (Wildman–Crippen LogP) is 2.22. The Bertz CT molecular complexity index is 364. The fraction of sp³-hybridized carbons (Fsp3) is 0.786. The van der Waals surface area contributed by atoms with Gasteiger partial charge in [-0.05, 0) is 0 Å². The first-order valence-electron chi connectivity index (χ1n) is 6.89. The first-order valence-corrected chi connectivity index (χ1v) is 9.09. The summed E-state index contributed by atoms with van der Waals surface area (Å²) in [5.74, 6) is -2.02. The molecule has 3 unspecified atom stereocenters. The van der Waals surface area contributed by atoms with Gasteiger partial charge in [-0.2, -0.15) is 0 Å². The minimum atomic E-state index is -0.718. The van der Waals surface area contributed by atoms with E-state index in [4.69, 9.17) is 0 Å². The molecule has 3 nitrogen and oxygen atoms in total. The van der Waals surface area contributed by atoms with E-state index >= 15 is 0 Å². The first-order chi connectivity index (χ1) is 8.65. The van der Waals surface area contributed by atoms with Crippen molar-refractivity contribution in [2.75, 3.05) is 0 Å². The molecule has 0 radical (unpaired) electrons. The molecular weight excluding hydrogens is 295 g/mol. The number of carbonyl (C=O) groups excluding carboxylic acids is 3. The van der Waals surface area contributed by atoms with Crippen molar-refractivity contribution >= 4 is 32.3 Å². The van der Waals surface area contributed by atoms with Crippen LogP contribution in [0.5, 0.6) is 0 Å². The molecule has 2 saturated carbocycles. The number of rotatable bonds is 5. The van der Waals surface area contributed by atoms with Gasteiger partial charge in [-0.25, -0.2) is 0 Å². The van der Waals surface area contributed by atoms with Crippen LogP contribution in [0.25, 0.3) is 0 Å². The van der Waals surface area contributed by atoms with E-state index in [2.05, 4.69) is 6.92 Å². The Labute approximate surface area is 114 Å². The molecule has 100 valence electrons. The van der Waals surface area contributed by atoms with E-state index in [1.165, 1.54) is 24.6 Å². The number of carbonyl (C=O) groups is 3. The Morgan fingerprint density at radius 3 is 2.50 bits per heavy atom. The SMILES string of the molecule is CCCCC[Se]C1CCC2C(=O)C(=O)C(=O)C2C1. The van der Waals surface area contributed by atoms with Gasteiger partial charge >= 0.3 is 114 Å². The van der Waals surface area contributed by atoms with Gasteiger partial charge in [0, 0.05) is 0 Å². The van der Waals surface area contributed by atoms with Gasteiger partial charge in [-0.1, -0.05) is 0 Å². The zero-order valence-electron chi connectivity index (χ0n) is 10.8. The molecule has 0 bridgehead atoms. The third kappa shape index (κ3) is 2.75. The molecule has 2 rings (SSSR count). The second kappa shape index (κ2) is 6.12. The van der Waals surface area contributed by atoms with E-state index in [9.17, 15) is 14.4 Å². The van der Waals surface area contributed by atoms with Crippen molar-refractivity contribution in [1.82, 2.24) is 0 Å². The van der Waals surface area contributed by atoms with Crippen LogP contribution in [0.15, 0.2) is 0 Å². The van der Waals surface area contributed by atoms with Gasteiger partial charge in [-0.3, -0.25) is 0 Å². The monoisotopic (exact) mass is 316 g/mol. The van der Waals surface area contributed by atoms with Gasteiger partial charge < -0.3 is 0 Å². The number of hydrogen-bond acceptors (Lipinski definition) is 3. The van der Waals surface area contributed by atoms with E-state index < -0.39 is 11.6 Å². The maximum atomic E-state index is 11.7.